The van der Waals surface area contributed by atoms with Crippen LogP contribution in [-0.2, 0) is 13.1 Å². The van der Waals surface area contributed by atoms with Gasteiger partial charge in [-0.05, 0) is 52.7 Å². The molecule has 4 heteroatoms. The van der Waals surface area contributed by atoms with Crippen molar-refractivity contribution in [3.8, 4) is 0 Å². The average Bonchev–Trinajstić information content (AvgIpc) is 2.88. The fourth-order valence-corrected chi connectivity index (χ4v) is 2.89. The summed E-state index contributed by atoms with van der Waals surface area (Å²) >= 11 is 0. The molecule has 1 aliphatic rings. The molecule has 1 aliphatic heterocycles. The Morgan fingerprint density at radius 2 is 2.32 bits per heavy atom. The average molecular weight is 264 g/mol. The summed E-state index contributed by atoms with van der Waals surface area (Å²) in [5, 5.41) is 3.51. The van der Waals surface area contributed by atoms with Crippen LogP contribution in [0, 0.1) is 0 Å². The third kappa shape index (κ3) is 4.32. The van der Waals surface area contributed by atoms with E-state index in [1.165, 1.54) is 38.8 Å². The molecule has 1 unspecified atom stereocenters. The number of hydrogen-bond acceptors (Lipinski definition) is 3. The maximum Gasteiger partial charge on any atom is 0.122 e. The van der Waals surface area contributed by atoms with E-state index < -0.39 is 0 Å². The van der Waals surface area contributed by atoms with Crippen LogP contribution in [0.2, 0.25) is 0 Å². The quantitative estimate of drug-likeness (QED) is 0.767. The molecule has 0 radical (unpaired) electrons. The van der Waals surface area contributed by atoms with Crippen molar-refractivity contribution in [3.05, 3.63) is 18.2 Å². The number of aryl methyl sites for hydroxylation is 1. The van der Waals surface area contributed by atoms with E-state index in [2.05, 4.69) is 33.6 Å². The summed E-state index contributed by atoms with van der Waals surface area (Å²) in [6.07, 6.45) is 9.34. The van der Waals surface area contributed by atoms with Gasteiger partial charge in [0.1, 0.15) is 5.82 Å². The smallest absolute Gasteiger partial charge is 0.122 e. The summed E-state index contributed by atoms with van der Waals surface area (Å²) in [5.74, 6) is 1.15. The number of likely N-dealkylation sites (tertiary alicyclic amines) is 1. The van der Waals surface area contributed by atoms with Gasteiger partial charge in [-0.1, -0.05) is 6.42 Å². The molecular weight excluding hydrogens is 236 g/mol. The maximum atomic E-state index is 4.38. The lowest BCUT2D eigenvalue weighted by molar-refractivity contribution is 0.159. The van der Waals surface area contributed by atoms with Crippen molar-refractivity contribution in [1.82, 2.24) is 19.8 Å². The van der Waals surface area contributed by atoms with Crippen LogP contribution in [0.5, 0.6) is 0 Å². The highest BCUT2D eigenvalue weighted by Crippen LogP contribution is 2.16. The summed E-state index contributed by atoms with van der Waals surface area (Å²) in [7, 11) is 0. The number of hydrogen-bond donors (Lipinski definition) is 1. The molecule has 0 aliphatic carbocycles. The molecule has 0 bridgehead atoms. The molecule has 2 heterocycles. The van der Waals surface area contributed by atoms with Crippen LogP contribution < -0.4 is 5.32 Å². The summed E-state index contributed by atoms with van der Waals surface area (Å²) in [5.41, 5.74) is 0. The Morgan fingerprint density at radius 1 is 1.42 bits per heavy atom. The largest absolute Gasteiger partial charge is 0.334 e. The lowest BCUT2D eigenvalue weighted by atomic mass is 10.0. The van der Waals surface area contributed by atoms with Gasteiger partial charge in [0.2, 0.25) is 0 Å². The molecule has 1 aromatic rings. The van der Waals surface area contributed by atoms with Crippen molar-refractivity contribution in [2.24, 2.45) is 0 Å². The Kier molecular flexibility index (Phi) is 5.86. The molecular formula is C15H28N4. The fourth-order valence-electron chi connectivity index (χ4n) is 2.89. The number of piperidine rings is 1. The first-order valence-corrected chi connectivity index (χ1v) is 7.76. The van der Waals surface area contributed by atoms with Crippen LogP contribution in [0.1, 0.15) is 45.4 Å². The van der Waals surface area contributed by atoms with Gasteiger partial charge in [0, 0.05) is 25.0 Å². The van der Waals surface area contributed by atoms with Gasteiger partial charge in [-0.15, -0.1) is 0 Å². The molecule has 0 saturated carbocycles. The van der Waals surface area contributed by atoms with E-state index in [0.717, 1.165) is 31.5 Å². The predicted molar refractivity (Wildman–Crippen MR) is 79.1 cm³/mol. The van der Waals surface area contributed by atoms with Crippen LogP contribution in [0.3, 0.4) is 0 Å². The standard InChI is InChI=1S/C15H28N4/c1-3-18-12-9-17-15(18)13-16-8-6-11-19-10-5-4-7-14(19)2/h9,12,14,16H,3-8,10-11,13H2,1-2H3. The summed E-state index contributed by atoms with van der Waals surface area (Å²) in [6, 6.07) is 0.785. The van der Waals surface area contributed by atoms with E-state index in [1.54, 1.807) is 0 Å². The first kappa shape index (κ1) is 14.5. The Morgan fingerprint density at radius 3 is 3.11 bits per heavy atom. The van der Waals surface area contributed by atoms with Crippen molar-refractivity contribution >= 4 is 0 Å². The Hall–Kier alpha value is -0.870. The van der Waals surface area contributed by atoms with Crippen molar-refractivity contribution in [2.45, 2.75) is 58.7 Å². The summed E-state index contributed by atoms with van der Waals surface area (Å²) in [4.78, 5) is 7.01. The second-order valence-electron chi connectivity index (χ2n) is 5.54. The van der Waals surface area contributed by atoms with Gasteiger partial charge in [0.05, 0.1) is 6.54 Å². The molecule has 4 nitrogen and oxygen atoms in total. The Labute approximate surface area is 117 Å². The van der Waals surface area contributed by atoms with Crippen molar-refractivity contribution < 1.29 is 0 Å². The van der Waals surface area contributed by atoms with Crippen LogP contribution in [-0.4, -0.2) is 40.1 Å². The second-order valence-corrected chi connectivity index (χ2v) is 5.54. The molecule has 1 atom stereocenters. The number of nitrogens with one attached hydrogen (secondary N) is 1. The molecule has 1 saturated heterocycles. The van der Waals surface area contributed by atoms with Gasteiger partial charge >= 0.3 is 0 Å². The third-order valence-electron chi connectivity index (χ3n) is 4.16. The van der Waals surface area contributed by atoms with Crippen LogP contribution >= 0.6 is 0 Å². The lowest BCUT2D eigenvalue weighted by Gasteiger charge is -2.33. The van der Waals surface area contributed by atoms with Gasteiger partial charge in [-0.3, -0.25) is 0 Å². The van der Waals surface area contributed by atoms with Crippen LogP contribution in [0.4, 0.5) is 0 Å². The molecule has 1 fully saturated rings. The van der Waals surface area contributed by atoms with Crippen molar-refractivity contribution in [2.75, 3.05) is 19.6 Å². The monoisotopic (exact) mass is 264 g/mol. The normalized spacial score (nSPS) is 20.8. The number of aromatic nitrogens is 2. The number of nitrogens with zero attached hydrogens (tertiary/aromatic N) is 3. The van der Waals surface area contributed by atoms with Gasteiger partial charge in [0.25, 0.3) is 0 Å². The van der Waals surface area contributed by atoms with Crippen LogP contribution in [0.15, 0.2) is 12.4 Å². The molecule has 108 valence electrons. The minimum atomic E-state index is 0.785. The highest BCUT2D eigenvalue weighted by Gasteiger charge is 2.16. The van der Waals surface area contributed by atoms with Gasteiger partial charge in [-0.25, -0.2) is 4.98 Å². The lowest BCUT2D eigenvalue weighted by Crippen LogP contribution is -2.38. The predicted octanol–water partition coefficient (Wildman–Crippen LogP) is 2.26. The zero-order valence-corrected chi connectivity index (χ0v) is 12.4. The zero-order chi connectivity index (χ0) is 13.5. The van der Waals surface area contributed by atoms with E-state index in [0.29, 0.717) is 0 Å². The van der Waals surface area contributed by atoms with Crippen molar-refractivity contribution in [3.63, 3.8) is 0 Å². The Bertz CT molecular complexity index is 361. The highest BCUT2D eigenvalue weighted by atomic mass is 15.2. The molecule has 19 heavy (non-hydrogen) atoms. The molecule has 1 aromatic heterocycles. The van der Waals surface area contributed by atoms with Gasteiger partial charge in [-0.2, -0.15) is 0 Å². The minimum Gasteiger partial charge on any atom is -0.334 e. The van der Waals surface area contributed by atoms with E-state index in [9.17, 15) is 0 Å². The molecule has 0 aromatic carbocycles. The third-order valence-corrected chi connectivity index (χ3v) is 4.16. The summed E-state index contributed by atoms with van der Waals surface area (Å²) < 4.78 is 2.19. The molecule has 1 N–H and O–H groups in total. The highest BCUT2D eigenvalue weighted by molar-refractivity contribution is 4.91. The Balaban J connectivity index is 1.59. The second kappa shape index (κ2) is 7.65. The topological polar surface area (TPSA) is 33.1 Å². The number of imidazole rings is 1. The first-order chi connectivity index (χ1) is 9.31. The molecule has 0 amide bonds. The van der Waals surface area contributed by atoms with E-state index in [4.69, 9.17) is 0 Å². The van der Waals surface area contributed by atoms with Crippen molar-refractivity contribution in [1.29, 1.82) is 0 Å². The van der Waals surface area contributed by atoms with Gasteiger partial charge < -0.3 is 14.8 Å². The molecule has 0 spiro atoms. The maximum absolute atomic E-state index is 4.38. The van der Waals surface area contributed by atoms with E-state index >= 15 is 0 Å². The number of rotatable bonds is 7. The zero-order valence-electron chi connectivity index (χ0n) is 12.4. The summed E-state index contributed by atoms with van der Waals surface area (Å²) in [6.45, 7) is 10.0. The van der Waals surface area contributed by atoms with E-state index in [-0.39, 0.29) is 0 Å². The fraction of sp³-hybridized carbons (Fsp3) is 0.800. The van der Waals surface area contributed by atoms with Crippen LogP contribution in [0.25, 0.3) is 0 Å². The van der Waals surface area contributed by atoms with Gasteiger partial charge in [0.15, 0.2) is 0 Å². The SMILES string of the molecule is CCn1ccnc1CNCCCN1CCCCC1C. The minimum absolute atomic E-state index is 0.785. The first-order valence-electron chi connectivity index (χ1n) is 7.76. The van der Waals surface area contributed by atoms with E-state index in [1.807, 2.05) is 12.4 Å². The molecule has 2 rings (SSSR count).